The third kappa shape index (κ3) is 3.09. The number of aromatic nitrogens is 2. The fourth-order valence-corrected chi connectivity index (χ4v) is 2.53. The Balaban J connectivity index is 1.72. The Bertz CT molecular complexity index is 770. The molecule has 0 aliphatic rings. The van der Waals surface area contributed by atoms with Crippen LogP contribution in [-0.2, 0) is 11.3 Å². The third-order valence-corrected chi connectivity index (χ3v) is 3.99. The molecule has 0 bridgehead atoms. The van der Waals surface area contributed by atoms with Crippen molar-refractivity contribution < 1.29 is 9.53 Å². The second kappa shape index (κ2) is 6.58. The van der Waals surface area contributed by atoms with Crippen molar-refractivity contribution in [2.24, 2.45) is 0 Å². The number of carbonyl (C=O) groups excluding carboxylic acids is 1. The molecule has 0 fully saturated rings. The molecule has 0 N–H and O–H groups in total. The summed E-state index contributed by atoms with van der Waals surface area (Å²) in [6.45, 7) is 0.168. The third-order valence-electron chi connectivity index (χ3n) is 3.15. The highest BCUT2D eigenvalue weighted by Gasteiger charge is 2.12. The van der Waals surface area contributed by atoms with E-state index in [1.54, 1.807) is 35.1 Å². The van der Waals surface area contributed by atoms with E-state index in [1.807, 2.05) is 36.4 Å². The molecular formula is C17H13BrN2O2. The van der Waals surface area contributed by atoms with Crippen LogP contribution in [0, 0.1) is 0 Å². The van der Waals surface area contributed by atoms with Crippen molar-refractivity contribution in [1.82, 2.24) is 9.78 Å². The molecule has 110 valence electrons. The van der Waals surface area contributed by atoms with Crippen molar-refractivity contribution in [2.75, 3.05) is 0 Å². The topological polar surface area (TPSA) is 44.1 Å². The molecule has 0 saturated carbocycles. The maximum absolute atomic E-state index is 11.9. The Morgan fingerprint density at radius 3 is 2.36 bits per heavy atom. The number of hydrogen-bond donors (Lipinski definition) is 0. The number of nitrogens with zero attached hydrogens (tertiary/aromatic N) is 2. The van der Waals surface area contributed by atoms with Crippen molar-refractivity contribution in [3.8, 4) is 5.69 Å². The van der Waals surface area contributed by atoms with Gasteiger partial charge in [-0.05, 0) is 40.2 Å². The molecule has 3 rings (SSSR count). The first-order valence-electron chi connectivity index (χ1n) is 6.75. The van der Waals surface area contributed by atoms with Crippen LogP contribution in [0.3, 0.4) is 0 Å². The van der Waals surface area contributed by atoms with Gasteiger partial charge in [0.05, 0.1) is 17.4 Å². The molecular weight excluding hydrogens is 344 g/mol. The Morgan fingerprint density at radius 2 is 1.68 bits per heavy atom. The molecule has 5 heteroatoms. The van der Waals surface area contributed by atoms with E-state index in [-0.39, 0.29) is 12.6 Å². The van der Waals surface area contributed by atoms with E-state index in [0.717, 1.165) is 15.9 Å². The first-order valence-corrected chi connectivity index (χ1v) is 7.55. The van der Waals surface area contributed by atoms with Gasteiger partial charge in [-0.3, -0.25) is 0 Å². The highest BCUT2D eigenvalue weighted by Crippen LogP contribution is 2.21. The van der Waals surface area contributed by atoms with Gasteiger partial charge in [0.25, 0.3) is 0 Å². The summed E-state index contributed by atoms with van der Waals surface area (Å²) >= 11 is 3.50. The second-order valence-corrected chi connectivity index (χ2v) is 5.40. The normalized spacial score (nSPS) is 10.4. The van der Waals surface area contributed by atoms with Crippen molar-refractivity contribution in [2.45, 2.75) is 6.61 Å². The van der Waals surface area contributed by atoms with Crippen LogP contribution in [0.1, 0.15) is 15.9 Å². The van der Waals surface area contributed by atoms with Crippen LogP contribution >= 0.6 is 15.9 Å². The average molecular weight is 357 g/mol. The van der Waals surface area contributed by atoms with Gasteiger partial charge in [0.1, 0.15) is 11.2 Å². The fourth-order valence-electron chi connectivity index (χ4n) is 2.01. The second-order valence-electron chi connectivity index (χ2n) is 4.65. The zero-order valence-corrected chi connectivity index (χ0v) is 13.2. The van der Waals surface area contributed by atoms with Crippen LogP contribution in [0.25, 0.3) is 5.69 Å². The number of para-hydroxylation sites is 1. The van der Waals surface area contributed by atoms with Gasteiger partial charge < -0.3 is 4.74 Å². The van der Waals surface area contributed by atoms with Gasteiger partial charge in [0, 0.05) is 5.56 Å². The molecule has 0 spiro atoms. The fraction of sp³-hybridized carbons (Fsp3) is 0.0588. The standard InChI is InChI=1S/C17H13BrN2O2/c18-16-14(11-19-20(16)15-9-5-2-6-10-15)12-22-17(21)13-7-3-1-4-8-13/h1-11H,12H2. The first-order chi connectivity index (χ1) is 10.8. The van der Waals surface area contributed by atoms with Crippen LogP contribution in [-0.4, -0.2) is 15.7 Å². The molecule has 0 aliphatic carbocycles. The maximum Gasteiger partial charge on any atom is 0.338 e. The summed E-state index contributed by atoms with van der Waals surface area (Å²) in [4.78, 5) is 11.9. The van der Waals surface area contributed by atoms with Crippen LogP contribution in [0.4, 0.5) is 0 Å². The lowest BCUT2D eigenvalue weighted by Gasteiger charge is -2.05. The first kappa shape index (κ1) is 14.5. The van der Waals surface area contributed by atoms with E-state index in [9.17, 15) is 4.79 Å². The van der Waals surface area contributed by atoms with Crippen molar-refractivity contribution >= 4 is 21.9 Å². The average Bonchev–Trinajstić information content (AvgIpc) is 2.95. The molecule has 0 radical (unpaired) electrons. The summed E-state index contributed by atoms with van der Waals surface area (Å²) in [5.74, 6) is -0.347. The van der Waals surface area contributed by atoms with Gasteiger partial charge in [-0.25, -0.2) is 9.48 Å². The van der Waals surface area contributed by atoms with Crippen molar-refractivity contribution in [3.63, 3.8) is 0 Å². The predicted octanol–water partition coefficient (Wildman–Crippen LogP) is 3.99. The van der Waals surface area contributed by atoms with E-state index in [4.69, 9.17) is 4.74 Å². The van der Waals surface area contributed by atoms with E-state index >= 15 is 0 Å². The molecule has 0 aliphatic heterocycles. The van der Waals surface area contributed by atoms with Crippen LogP contribution in [0.2, 0.25) is 0 Å². The quantitative estimate of drug-likeness (QED) is 0.663. The van der Waals surface area contributed by atoms with E-state index in [1.165, 1.54) is 0 Å². The van der Waals surface area contributed by atoms with Gasteiger partial charge in [-0.1, -0.05) is 36.4 Å². The number of hydrogen-bond acceptors (Lipinski definition) is 3. The highest BCUT2D eigenvalue weighted by atomic mass is 79.9. The van der Waals surface area contributed by atoms with Crippen LogP contribution in [0.15, 0.2) is 71.5 Å². The number of carbonyl (C=O) groups is 1. The lowest BCUT2D eigenvalue weighted by Crippen LogP contribution is -2.05. The lowest BCUT2D eigenvalue weighted by molar-refractivity contribution is 0.0472. The maximum atomic E-state index is 11.9. The minimum Gasteiger partial charge on any atom is -0.457 e. The number of ether oxygens (including phenoxy) is 1. The highest BCUT2D eigenvalue weighted by molar-refractivity contribution is 9.10. The van der Waals surface area contributed by atoms with E-state index in [0.29, 0.717) is 5.56 Å². The number of esters is 1. The van der Waals surface area contributed by atoms with Gasteiger partial charge in [-0.15, -0.1) is 0 Å². The van der Waals surface area contributed by atoms with Gasteiger partial charge >= 0.3 is 5.97 Å². The molecule has 22 heavy (non-hydrogen) atoms. The van der Waals surface area contributed by atoms with Crippen LogP contribution < -0.4 is 0 Å². The van der Waals surface area contributed by atoms with E-state index < -0.39 is 0 Å². The minimum absolute atomic E-state index is 0.168. The number of halogens is 1. The summed E-state index contributed by atoms with van der Waals surface area (Å²) < 4.78 is 7.85. The Kier molecular flexibility index (Phi) is 4.34. The van der Waals surface area contributed by atoms with Gasteiger partial charge in [-0.2, -0.15) is 5.10 Å². The molecule has 4 nitrogen and oxygen atoms in total. The summed E-state index contributed by atoms with van der Waals surface area (Å²) in [6, 6.07) is 18.7. The number of benzene rings is 2. The monoisotopic (exact) mass is 356 g/mol. The van der Waals surface area contributed by atoms with E-state index in [2.05, 4.69) is 21.0 Å². The lowest BCUT2D eigenvalue weighted by atomic mass is 10.2. The van der Waals surface area contributed by atoms with Gasteiger partial charge in [0.15, 0.2) is 0 Å². The molecule has 0 saturated heterocycles. The smallest absolute Gasteiger partial charge is 0.338 e. The SMILES string of the molecule is O=C(OCc1cnn(-c2ccccc2)c1Br)c1ccccc1. The summed E-state index contributed by atoms with van der Waals surface area (Å²) in [5, 5.41) is 4.32. The molecule has 1 aromatic heterocycles. The molecule has 2 aromatic carbocycles. The number of rotatable bonds is 4. The largest absolute Gasteiger partial charge is 0.457 e. The molecule has 0 atom stereocenters. The molecule has 0 unspecified atom stereocenters. The zero-order chi connectivity index (χ0) is 15.4. The Labute approximate surface area is 136 Å². The summed E-state index contributed by atoms with van der Waals surface area (Å²) in [7, 11) is 0. The van der Waals surface area contributed by atoms with Crippen molar-refractivity contribution in [1.29, 1.82) is 0 Å². The van der Waals surface area contributed by atoms with Crippen molar-refractivity contribution in [3.05, 3.63) is 82.6 Å². The van der Waals surface area contributed by atoms with Gasteiger partial charge in [0.2, 0.25) is 0 Å². The Hall–Kier alpha value is -2.40. The predicted molar refractivity (Wildman–Crippen MR) is 86.8 cm³/mol. The summed E-state index contributed by atoms with van der Waals surface area (Å²) in [6.07, 6.45) is 1.69. The molecule has 3 aromatic rings. The minimum atomic E-state index is -0.347. The summed E-state index contributed by atoms with van der Waals surface area (Å²) in [5.41, 5.74) is 2.29. The molecule has 1 heterocycles. The zero-order valence-electron chi connectivity index (χ0n) is 11.6. The van der Waals surface area contributed by atoms with Crippen LogP contribution in [0.5, 0.6) is 0 Å². The Morgan fingerprint density at radius 1 is 1.05 bits per heavy atom. The molecule has 0 amide bonds.